The van der Waals surface area contributed by atoms with Crippen molar-refractivity contribution in [3.05, 3.63) is 58.7 Å². The molecule has 0 atom stereocenters. The molecule has 3 nitrogen and oxygen atoms in total. The van der Waals surface area contributed by atoms with Crippen LogP contribution in [-0.4, -0.2) is 26.3 Å². The highest BCUT2D eigenvalue weighted by Crippen LogP contribution is 2.23. The van der Waals surface area contributed by atoms with Gasteiger partial charge in [0.15, 0.2) is 0 Å². The van der Waals surface area contributed by atoms with Crippen LogP contribution in [0, 0.1) is 0 Å². The van der Waals surface area contributed by atoms with Crippen LogP contribution in [-0.2, 0) is 30.4 Å². The number of rotatable bonds is 12. The monoisotopic (exact) mass is 368 g/mol. The van der Waals surface area contributed by atoms with Gasteiger partial charge in [0.05, 0.1) is 13.2 Å². The largest absolute Gasteiger partial charge is 0.382 e. The molecular weight excluding hydrogens is 332 g/mol. The molecule has 2 rings (SSSR count). The molecule has 0 aliphatic heterocycles. The Morgan fingerprint density at radius 1 is 0.593 bits per heavy atom. The van der Waals surface area contributed by atoms with Gasteiger partial charge in [0, 0.05) is 24.5 Å². The van der Waals surface area contributed by atoms with Crippen molar-refractivity contribution in [1.29, 1.82) is 0 Å². The zero-order chi connectivity index (χ0) is 19.5. The first-order chi connectivity index (χ1) is 13.2. The molecule has 0 fully saturated rings. The summed E-state index contributed by atoms with van der Waals surface area (Å²) in [6.45, 7) is 12.0. The van der Waals surface area contributed by atoms with E-state index in [2.05, 4.69) is 74.7 Å². The molecule has 148 valence electrons. The van der Waals surface area contributed by atoms with Crippen molar-refractivity contribution < 1.29 is 4.74 Å². The van der Waals surface area contributed by atoms with Gasteiger partial charge in [0.1, 0.15) is 0 Å². The van der Waals surface area contributed by atoms with Gasteiger partial charge in [-0.05, 0) is 47.9 Å². The lowest BCUT2D eigenvalue weighted by Gasteiger charge is -2.17. The lowest BCUT2D eigenvalue weighted by Crippen LogP contribution is -2.16. The molecule has 0 amide bonds. The van der Waals surface area contributed by atoms with Gasteiger partial charge in [-0.1, -0.05) is 64.1 Å². The lowest BCUT2D eigenvalue weighted by atomic mass is 10.0. The maximum atomic E-state index is 5.85. The fourth-order valence-corrected chi connectivity index (χ4v) is 3.54. The third kappa shape index (κ3) is 6.00. The van der Waals surface area contributed by atoms with E-state index in [4.69, 9.17) is 4.74 Å². The Kier molecular flexibility index (Phi) is 9.20. The predicted octanol–water partition coefficient (Wildman–Crippen LogP) is 5.48. The molecule has 0 bridgehead atoms. The molecule has 2 N–H and O–H groups in total. The summed E-state index contributed by atoms with van der Waals surface area (Å²) in [6.07, 6.45) is 4.21. The Bertz CT molecular complexity index is 593. The molecule has 0 aliphatic rings. The number of hydrogen-bond acceptors (Lipinski definition) is 3. The summed E-state index contributed by atoms with van der Waals surface area (Å²) in [5, 5.41) is 7.17. The normalized spacial score (nSPS) is 10.8. The second kappa shape index (κ2) is 11.7. The van der Waals surface area contributed by atoms with Gasteiger partial charge in [0.2, 0.25) is 0 Å². The zero-order valence-electron chi connectivity index (χ0n) is 17.5. The molecule has 0 spiro atoms. The third-order valence-electron chi connectivity index (χ3n) is 5.09. The maximum Gasteiger partial charge on any atom is 0.0639 e. The van der Waals surface area contributed by atoms with Crippen LogP contribution in [0.1, 0.15) is 49.9 Å². The SMILES string of the molecule is CCc1cccc(CC)c1NCCOCCNc1c(CC)cccc1CC. The van der Waals surface area contributed by atoms with Crippen molar-refractivity contribution in [2.75, 3.05) is 36.9 Å². The van der Waals surface area contributed by atoms with E-state index >= 15 is 0 Å². The minimum Gasteiger partial charge on any atom is -0.382 e. The quantitative estimate of drug-likeness (QED) is 0.487. The van der Waals surface area contributed by atoms with Crippen molar-refractivity contribution in [2.24, 2.45) is 0 Å². The molecule has 2 aromatic carbocycles. The highest BCUT2D eigenvalue weighted by atomic mass is 16.5. The molecule has 0 radical (unpaired) electrons. The number of benzene rings is 2. The molecule has 0 aliphatic carbocycles. The van der Waals surface area contributed by atoms with Crippen LogP contribution in [0.4, 0.5) is 11.4 Å². The van der Waals surface area contributed by atoms with Gasteiger partial charge in [-0.3, -0.25) is 0 Å². The van der Waals surface area contributed by atoms with Gasteiger partial charge < -0.3 is 15.4 Å². The first kappa shape index (κ1) is 21.3. The summed E-state index contributed by atoms with van der Waals surface area (Å²) in [5.41, 5.74) is 8.15. The first-order valence-corrected chi connectivity index (χ1v) is 10.5. The van der Waals surface area contributed by atoms with Crippen LogP contribution >= 0.6 is 0 Å². The van der Waals surface area contributed by atoms with E-state index in [1.807, 2.05) is 0 Å². The van der Waals surface area contributed by atoms with Crippen LogP contribution < -0.4 is 10.6 Å². The molecule has 0 saturated carbocycles. The molecule has 0 saturated heterocycles. The Hall–Kier alpha value is -2.00. The van der Waals surface area contributed by atoms with Gasteiger partial charge >= 0.3 is 0 Å². The smallest absolute Gasteiger partial charge is 0.0639 e. The second-order valence-corrected chi connectivity index (χ2v) is 6.78. The summed E-state index contributed by atoms with van der Waals surface area (Å²) in [4.78, 5) is 0. The first-order valence-electron chi connectivity index (χ1n) is 10.5. The van der Waals surface area contributed by atoms with Crippen LogP contribution in [0.25, 0.3) is 0 Å². The van der Waals surface area contributed by atoms with E-state index in [1.54, 1.807) is 0 Å². The van der Waals surface area contributed by atoms with Gasteiger partial charge in [-0.2, -0.15) is 0 Å². The number of aryl methyl sites for hydroxylation is 4. The number of nitrogens with one attached hydrogen (secondary N) is 2. The number of ether oxygens (including phenoxy) is 1. The zero-order valence-corrected chi connectivity index (χ0v) is 17.5. The highest BCUT2D eigenvalue weighted by molar-refractivity contribution is 5.58. The summed E-state index contributed by atoms with van der Waals surface area (Å²) < 4.78 is 5.85. The number of anilines is 2. The van der Waals surface area contributed by atoms with Crippen molar-refractivity contribution in [3.63, 3.8) is 0 Å². The highest BCUT2D eigenvalue weighted by Gasteiger charge is 2.06. The van der Waals surface area contributed by atoms with E-state index in [9.17, 15) is 0 Å². The van der Waals surface area contributed by atoms with Crippen molar-refractivity contribution in [1.82, 2.24) is 0 Å². The van der Waals surface area contributed by atoms with E-state index < -0.39 is 0 Å². The topological polar surface area (TPSA) is 33.3 Å². The summed E-state index contributed by atoms with van der Waals surface area (Å²) >= 11 is 0. The van der Waals surface area contributed by atoms with E-state index in [0.717, 1.165) is 52.0 Å². The molecule has 0 unspecified atom stereocenters. The molecule has 0 heterocycles. The van der Waals surface area contributed by atoms with Crippen LogP contribution in [0.3, 0.4) is 0 Å². The fourth-order valence-electron chi connectivity index (χ4n) is 3.54. The van der Waals surface area contributed by atoms with E-state index in [-0.39, 0.29) is 0 Å². The Morgan fingerprint density at radius 3 is 1.22 bits per heavy atom. The van der Waals surface area contributed by atoms with Crippen molar-refractivity contribution in [3.8, 4) is 0 Å². The molecule has 2 aromatic rings. The summed E-state index contributed by atoms with van der Waals surface area (Å²) in [5.74, 6) is 0. The molecule has 27 heavy (non-hydrogen) atoms. The van der Waals surface area contributed by atoms with Crippen LogP contribution in [0.15, 0.2) is 36.4 Å². The third-order valence-corrected chi connectivity index (χ3v) is 5.09. The maximum absolute atomic E-state index is 5.85. The average molecular weight is 369 g/mol. The molecule has 3 heteroatoms. The Morgan fingerprint density at radius 2 is 0.926 bits per heavy atom. The number of para-hydroxylation sites is 2. The van der Waals surface area contributed by atoms with Gasteiger partial charge in [0.25, 0.3) is 0 Å². The summed E-state index contributed by atoms with van der Waals surface area (Å²) in [7, 11) is 0. The molecular formula is C24H36N2O. The van der Waals surface area contributed by atoms with Crippen molar-refractivity contribution >= 4 is 11.4 Å². The van der Waals surface area contributed by atoms with Crippen molar-refractivity contribution in [2.45, 2.75) is 53.4 Å². The lowest BCUT2D eigenvalue weighted by molar-refractivity contribution is 0.154. The number of hydrogen-bond donors (Lipinski definition) is 2. The standard InChI is InChI=1S/C24H36N2O/c1-5-19-11-9-12-20(6-2)23(19)25-15-17-27-18-16-26-24-21(7-3)13-10-14-22(24)8-4/h9-14,25-26H,5-8,15-18H2,1-4H3. The minimum absolute atomic E-state index is 0.721. The molecule has 0 aromatic heterocycles. The second-order valence-electron chi connectivity index (χ2n) is 6.78. The Balaban J connectivity index is 1.75. The van der Waals surface area contributed by atoms with Gasteiger partial charge in [-0.25, -0.2) is 0 Å². The van der Waals surface area contributed by atoms with Crippen LogP contribution in [0.5, 0.6) is 0 Å². The minimum atomic E-state index is 0.721. The fraction of sp³-hybridized carbons (Fsp3) is 0.500. The average Bonchev–Trinajstić information content (AvgIpc) is 2.72. The van der Waals surface area contributed by atoms with Crippen LogP contribution in [0.2, 0.25) is 0 Å². The van der Waals surface area contributed by atoms with E-state index in [1.165, 1.54) is 33.6 Å². The Labute approximate surface area is 165 Å². The predicted molar refractivity (Wildman–Crippen MR) is 118 cm³/mol. The van der Waals surface area contributed by atoms with Gasteiger partial charge in [-0.15, -0.1) is 0 Å². The van der Waals surface area contributed by atoms with E-state index in [0.29, 0.717) is 0 Å². The summed E-state index contributed by atoms with van der Waals surface area (Å²) in [6, 6.07) is 13.2.